The highest BCUT2D eigenvalue weighted by molar-refractivity contribution is 5.76. The molecule has 1 saturated heterocycles. The molecule has 0 radical (unpaired) electrons. The fourth-order valence-electron chi connectivity index (χ4n) is 1.09. The van der Waals surface area contributed by atoms with Crippen molar-refractivity contribution in [3.8, 4) is 0 Å². The van der Waals surface area contributed by atoms with Crippen molar-refractivity contribution in [3.05, 3.63) is 0 Å². The van der Waals surface area contributed by atoms with Crippen LogP contribution in [0.2, 0.25) is 0 Å². The molecule has 4 heteroatoms. The molecule has 11 heavy (non-hydrogen) atoms. The zero-order chi connectivity index (χ0) is 8.27. The van der Waals surface area contributed by atoms with E-state index >= 15 is 0 Å². The lowest BCUT2D eigenvalue weighted by Crippen LogP contribution is -2.45. The Balaban J connectivity index is 2.38. The van der Waals surface area contributed by atoms with Gasteiger partial charge in [0, 0.05) is 13.1 Å². The van der Waals surface area contributed by atoms with Gasteiger partial charge in [-0.3, -0.25) is 4.79 Å². The van der Waals surface area contributed by atoms with Crippen molar-refractivity contribution in [3.63, 3.8) is 0 Å². The van der Waals surface area contributed by atoms with Gasteiger partial charge in [0.2, 0.25) is 5.91 Å². The average molecular weight is 158 g/mol. The molecule has 4 nitrogen and oxygen atoms in total. The van der Waals surface area contributed by atoms with Crippen LogP contribution in [0, 0.1) is 5.92 Å². The minimum Gasteiger partial charge on any atom is -0.375 e. The Morgan fingerprint density at radius 2 is 2.55 bits per heavy atom. The average Bonchev–Trinajstić information content (AvgIpc) is 2.05. The van der Waals surface area contributed by atoms with Crippen LogP contribution >= 0.6 is 0 Å². The van der Waals surface area contributed by atoms with Crippen LogP contribution in [0.25, 0.3) is 0 Å². The molecule has 64 valence electrons. The fourth-order valence-corrected chi connectivity index (χ4v) is 1.09. The molecular formula is C7H14N2O2. The molecule has 1 rings (SSSR count). The van der Waals surface area contributed by atoms with Gasteiger partial charge in [0.25, 0.3) is 0 Å². The molecule has 1 heterocycles. The first kappa shape index (κ1) is 8.49. The number of nitrogens with two attached hydrogens (primary N) is 1. The first-order valence-electron chi connectivity index (χ1n) is 3.83. The molecule has 2 atom stereocenters. The summed E-state index contributed by atoms with van der Waals surface area (Å²) in [4.78, 5) is 10.7. The number of rotatable bonds is 2. The number of carbonyl (C=O) groups excluding carboxylic acids is 1. The standard InChI is InChI=1S/C7H14N2O2/c1-5(7(8)10)6-4-9-2-3-11-6/h5-6,9H,2-4H2,1H3,(H2,8,10). The number of primary amides is 1. The fraction of sp³-hybridized carbons (Fsp3) is 0.857. The van der Waals surface area contributed by atoms with E-state index in [1.165, 1.54) is 0 Å². The number of amides is 1. The lowest BCUT2D eigenvalue weighted by molar-refractivity contribution is -0.127. The van der Waals surface area contributed by atoms with Gasteiger partial charge in [-0.05, 0) is 0 Å². The van der Waals surface area contributed by atoms with E-state index in [0.29, 0.717) is 6.61 Å². The molecule has 2 unspecified atom stereocenters. The van der Waals surface area contributed by atoms with E-state index in [0.717, 1.165) is 13.1 Å². The monoisotopic (exact) mass is 158 g/mol. The first-order chi connectivity index (χ1) is 5.22. The van der Waals surface area contributed by atoms with Crippen molar-refractivity contribution in [2.45, 2.75) is 13.0 Å². The quantitative estimate of drug-likeness (QED) is 0.547. The normalized spacial score (nSPS) is 27.9. The van der Waals surface area contributed by atoms with Crippen LogP contribution in [0.5, 0.6) is 0 Å². The van der Waals surface area contributed by atoms with Gasteiger partial charge in [-0.15, -0.1) is 0 Å². The second-order valence-corrected chi connectivity index (χ2v) is 2.80. The molecule has 0 bridgehead atoms. The van der Waals surface area contributed by atoms with E-state index in [-0.39, 0.29) is 17.9 Å². The highest BCUT2D eigenvalue weighted by atomic mass is 16.5. The summed E-state index contributed by atoms with van der Waals surface area (Å²) in [5.41, 5.74) is 5.12. The molecule has 3 N–H and O–H groups in total. The van der Waals surface area contributed by atoms with Crippen molar-refractivity contribution < 1.29 is 9.53 Å². The van der Waals surface area contributed by atoms with Crippen LogP contribution in [-0.2, 0) is 9.53 Å². The summed E-state index contributed by atoms with van der Waals surface area (Å²) < 4.78 is 5.34. The van der Waals surface area contributed by atoms with Crippen LogP contribution < -0.4 is 11.1 Å². The van der Waals surface area contributed by atoms with E-state index in [2.05, 4.69) is 5.32 Å². The Hall–Kier alpha value is -0.610. The Labute approximate surface area is 66.1 Å². The van der Waals surface area contributed by atoms with Gasteiger partial charge in [0.05, 0.1) is 18.6 Å². The topological polar surface area (TPSA) is 64.4 Å². The molecule has 0 aromatic heterocycles. The molecule has 0 aliphatic carbocycles. The van der Waals surface area contributed by atoms with Crippen LogP contribution in [0.15, 0.2) is 0 Å². The number of morpholine rings is 1. The number of ether oxygens (including phenoxy) is 1. The van der Waals surface area contributed by atoms with E-state index in [9.17, 15) is 4.79 Å². The SMILES string of the molecule is CC(C(N)=O)C1CNCCO1. The Bertz CT molecular complexity index is 143. The lowest BCUT2D eigenvalue weighted by atomic mass is 10.0. The molecule has 0 aromatic carbocycles. The summed E-state index contributed by atoms with van der Waals surface area (Å²) in [6.45, 7) is 4.05. The highest BCUT2D eigenvalue weighted by Gasteiger charge is 2.24. The third-order valence-corrected chi connectivity index (χ3v) is 1.96. The molecule has 1 aliphatic heterocycles. The number of nitrogens with one attached hydrogen (secondary N) is 1. The van der Waals surface area contributed by atoms with E-state index < -0.39 is 0 Å². The van der Waals surface area contributed by atoms with Crippen molar-refractivity contribution in [2.75, 3.05) is 19.7 Å². The van der Waals surface area contributed by atoms with Gasteiger partial charge >= 0.3 is 0 Å². The van der Waals surface area contributed by atoms with Crippen LogP contribution in [0.4, 0.5) is 0 Å². The van der Waals surface area contributed by atoms with Crippen LogP contribution in [0.3, 0.4) is 0 Å². The summed E-state index contributed by atoms with van der Waals surface area (Å²) in [5.74, 6) is -0.485. The van der Waals surface area contributed by atoms with Gasteiger partial charge in [-0.2, -0.15) is 0 Å². The summed E-state index contributed by atoms with van der Waals surface area (Å²) in [6, 6.07) is 0. The molecular weight excluding hydrogens is 144 g/mol. The minimum absolute atomic E-state index is 0.0405. The second-order valence-electron chi connectivity index (χ2n) is 2.80. The molecule has 1 fully saturated rings. The van der Waals surface area contributed by atoms with Gasteiger partial charge in [0.1, 0.15) is 0 Å². The molecule has 0 saturated carbocycles. The zero-order valence-electron chi connectivity index (χ0n) is 6.67. The molecule has 1 aliphatic rings. The molecule has 0 spiro atoms. The number of hydrogen-bond donors (Lipinski definition) is 2. The predicted molar refractivity (Wildman–Crippen MR) is 41.0 cm³/mol. The second kappa shape index (κ2) is 3.69. The minimum atomic E-state index is -0.293. The van der Waals surface area contributed by atoms with Crippen molar-refractivity contribution in [2.24, 2.45) is 11.7 Å². The zero-order valence-corrected chi connectivity index (χ0v) is 6.67. The van der Waals surface area contributed by atoms with Gasteiger partial charge in [-0.1, -0.05) is 6.92 Å². The Morgan fingerprint density at radius 3 is 3.00 bits per heavy atom. The highest BCUT2D eigenvalue weighted by Crippen LogP contribution is 2.07. The van der Waals surface area contributed by atoms with Crippen LogP contribution in [0.1, 0.15) is 6.92 Å². The Kier molecular flexibility index (Phi) is 2.84. The van der Waals surface area contributed by atoms with Gasteiger partial charge in [-0.25, -0.2) is 0 Å². The van der Waals surface area contributed by atoms with E-state index in [4.69, 9.17) is 10.5 Å². The van der Waals surface area contributed by atoms with Gasteiger partial charge in [0.15, 0.2) is 0 Å². The maximum atomic E-state index is 10.7. The van der Waals surface area contributed by atoms with Gasteiger partial charge < -0.3 is 15.8 Å². The van der Waals surface area contributed by atoms with E-state index in [1.54, 1.807) is 6.92 Å². The third kappa shape index (κ3) is 2.17. The summed E-state index contributed by atoms with van der Waals surface area (Å²) in [6.07, 6.45) is -0.0405. The molecule has 1 amide bonds. The summed E-state index contributed by atoms with van der Waals surface area (Å²) in [7, 11) is 0. The summed E-state index contributed by atoms with van der Waals surface area (Å²) >= 11 is 0. The number of hydrogen-bond acceptors (Lipinski definition) is 3. The Morgan fingerprint density at radius 1 is 1.82 bits per heavy atom. The summed E-state index contributed by atoms with van der Waals surface area (Å²) in [5, 5.41) is 3.14. The lowest BCUT2D eigenvalue weighted by Gasteiger charge is -2.26. The van der Waals surface area contributed by atoms with Crippen molar-refractivity contribution in [1.29, 1.82) is 0 Å². The molecule has 0 aromatic rings. The number of carbonyl (C=O) groups is 1. The van der Waals surface area contributed by atoms with Crippen molar-refractivity contribution in [1.82, 2.24) is 5.32 Å². The van der Waals surface area contributed by atoms with E-state index in [1.807, 2.05) is 0 Å². The van der Waals surface area contributed by atoms with Crippen LogP contribution in [-0.4, -0.2) is 31.7 Å². The predicted octanol–water partition coefficient (Wildman–Crippen LogP) is -0.904. The smallest absolute Gasteiger partial charge is 0.222 e. The largest absolute Gasteiger partial charge is 0.375 e. The first-order valence-corrected chi connectivity index (χ1v) is 3.83. The maximum Gasteiger partial charge on any atom is 0.222 e. The third-order valence-electron chi connectivity index (χ3n) is 1.96. The van der Waals surface area contributed by atoms with Crippen molar-refractivity contribution >= 4 is 5.91 Å². The maximum absolute atomic E-state index is 10.7.